The molecule has 2 aromatic rings. The lowest BCUT2D eigenvalue weighted by Gasteiger charge is -2.16. The van der Waals surface area contributed by atoms with Gasteiger partial charge in [-0.05, 0) is 56.4 Å². The van der Waals surface area contributed by atoms with Gasteiger partial charge in [-0.3, -0.25) is 0 Å². The summed E-state index contributed by atoms with van der Waals surface area (Å²) >= 11 is 0. The molecule has 1 unspecified atom stereocenters. The molecule has 1 atom stereocenters. The van der Waals surface area contributed by atoms with Gasteiger partial charge >= 0.3 is 0 Å². The van der Waals surface area contributed by atoms with Gasteiger partial charge in [0.2, 0.25) is 0 Å². The van der Waals surface area contributed by atoms with Gasteiger partial charge in [0.1, 0.15) is 0 Å². The van der Waals surface area contributed by atoms with Gasteiger partial charge in [-0.25, -0.2) is 0 Å². The molecule has 0 saturated heterocycles. The van der Waals surface area contributed by atoms with Gasteiger partial charge < -0.3 is 5.32 Å². The number of rotatable bonds is 6. The fourth-order valence-electron chi connectivity index (χ4n) is 2.49. The summed E-state index contributed by atoms with van der Waals surface area (Å²) in [5.74, 6) is 0. The Labute approximate surface area is 123 Å². The minimum atomic E-state index is 0.489. The first kappa shape index (κ1) is 14.6. The van der Waals surface area contributed by atoms with Crippen LogP contribution in [0.25, 0.3) is 0 Å². The highest BCUT2D eigenvalue weighted by Gasteiger charge is 2.03. The third-order valence-electron chi connectivity index (χ3n) is 3.70. The van der Waals surface area contributed by atoms with Crippen LogP contribution in [-0.4, -0.2) is 6.04 Å². The Bertz CT molecular complexity index is 545. The Morgan fingerprint density at radius 1 is 1.00 bits per heavy atom. The smallest absolute Gasteiger partial charge is 0.0344 e. The molecule has 0 amide bonds. The Kier molecular flexibility index (Phi) is 5.23. The van der Waals surface area contributed by atoms with Crippen molar-refractivity contribution < 1.29 is 0 Å². The van der Waals surface area contributed by atoms with Crippen LogP contribution in [0, 0.1) is 6.92 Å². The van der Waals surface area contributed by atoms with Crippen molar-refractivity contribution in [2.45, 2.75) is 46.1 Å². The summed E-state index contributed by atoms with van der Waals surface area (Å²) in [7, 11) is 0. The quantitative estimate of drug-likeness (QED) is 0.777. The molecule has 1 heteroatoms. The predicted molar refractivity (Wildman–Crippen MR) is 88.4 cm³/mol. The molecule has 0 bridgehead atoms. The van der Waals surface area contributed by atoms with Crippen LogP contribution in [0.4, 0.5) is 5.69 Å². The van der Waals surface area contributed by atoms with Crippen LogP contribution < -0.4 is 5.32 Å². The van der Waals surface area contributed by atoms with Crippen molar-refractivity contribution in [1.29, 1.82) is 0 Å². The highest BCUT2D eigenvalue weighted by molar-refractivity contribution is 5.46. The van der Waals surface area contributed by atoms with E-state index >= 15 is 0 Å². The average Bonchev–Trinajstić information content (AvgIpc) is 2.45. The van der Waals surface area contributed by atoms with Crippen molar-refractivity contribution in [3.8, 4) is 0 Å². The molecule has 2 rings (SSSR count). The SMILES string of the molecule is CCc1cccc(NC(C)CCc2cccc(C)c2)c1. The van der Waals surface area contributed by atoms with Crippen molar-refractivity contribution in [3.63, 3.8) is 0 Å². The molecule has 1 N–H and O–H groups in total. The van der Waals surface area contributed by atoms with Crippen LogP contribution in [0.15, 0.2) is 48.5 Å². The summed E-state index contributed by atoms with van der Waals surface area (Å²) in [6.45, 7) is 6.61. The zero-order valence-corrected chi connectivity index (χ0v) is 12.8. The second-order valence-corrected chi connectivity index (χ2v) is 5.63. The molecule has 0 fully saturated rings. The van der Waals surface area contributed by atoms with E-state index < -0.39 is 0 Å². The number of benzene rings is 2. The van der Waals surface area contributed by atoms with Gasteiger partial charge in [0.25, 0.3) is 0 Å². The fraction of sp³-hybridized carbons (Fsp3) is 0.368. The van der Waals surface area contributed by atoms with Crippen molar-refractivity contribution in [3.05, 3.63) is 65.2 Å². The van der Waals surface area contributed by atoms with Gasteiger partial charge in [0, 0.05) is 11.7 Å². The van der Waals surface area contributed by atoms with E-state index in [0.717, 1.165) is 19.3 Å². The Balaban J connectivity index is 1.87. The topological polar surface area (TPSA) is 12.0 Å². The monoisotopic (exact) mass is 267 g/mol. The molecule has 0 spiro atoms. The summed E-state index contributed by atoms with van der Waals surface area (Å²) < 4.78 is 0. The molecule has 0 saturated carbocycles. The Morgan fingerprint density at radius 2 is 1.75 bits per heavy atom. The molecule has 2 aromatic carbocycles. The van der Waals surface area contributed by atoms with Crippen LogP contribution >= 0.6 is 0 Å². The highest BCUT2D eigenvalue weighted by Crippen LogP contribution is 2.15. The maximum atomic E-state index is 3.60. The van der Waals surface area contributed by atoms with Crippen LogP contribution in [0.5, 0.6) is 0 Å². The first-order valence-electron chi connectivity index (χ1n) is 7.58. The van der Waals surface area contributed by atoms with Crippen molar-refractivity contribution in [1.82, 2.24) is 0 Å². The van der Waals surface area contributed by atoms with E-state index in [4.69, 9.17) is 0 Å². The molecule has 0 aliphatic rings. The van der Waals surface area contributed by atoms with E-state index in [1.54, 1.807) is 0 Å². The largest absolute Gasteiger partial charge is 0.383 e. The lowest BCUT2D eigenvalue weighted by molar-refractivity contribution is 0.706. The van der Waals surface area contributed by atoms with Crippen LogP contribution in [0.3, 0.4) is 0 Å². The summed E-state index contributed by atoms with van der Waals surface area (Å²) in [6, 6.07) is 18.0. The van der Waals surface area contributed by atoms with Gasteiger partial charge in [0.15, 0.2) is 0 Å². The molecule has 0 heterocycles. The maximum absolute atomic E-state index is 3.60. The first-order valence-corrected chi connectivity index (χ1v) is 7.58. The average molecular weight is 267 g/mol. The maximum Gasteiger partial charge on any atom is 0.0344 e. The zero-order valence-electron chi connectivity index (χ0n) is 12.8. The lowest BCUT2D eigenvalue weighted by atomic mass is 10.0. The third kappa shape index (κ3) is 4.41. The summed E-state index contributed by atoms with van der Waals surface area (Å²) in [5.41, 5.74) is 5.40. The molecule has 0 radical (unpaired) electrons. The zero-order chi connectivity index (χ0) is 14.4. The van der Waals surface area contributed by atoms with Gasteiger partial charge in [-0.1, -0.05) is 48.9 Å². The van der Waals surface area contributed by atoms with E-state index in [-0.39, 0.29) is 0 Å². The van der Waals surface area contributed by atoms with Crippen LogP contribution in [-0.2, 0) is 12.8 Å². The molecule has 1 nitrogen and oxygen atoms in total. The van der Waals surface area contributed by atoms with E-state index in [1.165, 1.54) is 22.4 Å². The molecule has 0 aliphatic heterocycles. The van der Waals surface area contributed by atoms with E-state index in [2.05, 4.69) is 74.6 Å². The van der Waals surface area contributed by atoms with Crippen molar-refractivity contribution >= 4 is 5.69 Å². The summed E-state index contributed by atoms with van der Waals surface area (Å²) in [4.78, 5) is 0. The Hall–Kier alpha value is -1.76. The van der Waals surface area contributed by atoms with E-state index in [0.29, 0.717) is 6.04 Å². The lowest BCUT2D eigenvalue weighted by Crippen LogP contribution is -2.16. The molecule has 106 valence electrons. The second kappa shape index (κ2) is 7.14. The predicted octanol–water partition coefficient (Wildman–Crippen LogP) is 4.99. The van der Waals surface area contributed by atoms with Gasteiger partial charge in [0.05, 0.1) is 0 Å². The molecular weight excluding hydrogens is 242 g/mol. The summed E-state index contributed by atoms with van der Waals surface area (Å²) in [6.07, 6.45) is 3.37. The summed E-state index contributed by atoms with van der Waals surface area (Å²) in [5, 5.41) is 3.60. The van der Waals surface area contributed by atoms with Crippen LogP contribution in [0.2, 0.25) is 0 Å². The van der Waals surface area contributed by atoms with E-state index in [9.17, 15) is 0 Å². The number of anilines is 1. The van der Waals surface area contributed by atoms with E-state index in [1.807, 2.05) is 0 Å². The van der Waals surface area contributed by atoms with Gasteiger partial charge in [-0.2, -0.15) is 0 Å². The number of aryl methyl sites for hydroxylation is 3. The molecule has 20 heavy (non-hydrogen) atoms. The van der Waals surface area contributed by atoms with Crippen molar-refractivity contribution in [2.24, 2.45) is 0 Å². The second-order valence-electron chi connectivity index (χ2n) is 5.63. The fourth-order valence-corrected chi connectivity index (χ4v) is 2.49. The normalized spacial score (nSPS) is 12.2. The first-order chi connectivity index (χ1) is 9.67. The molecule has 0 aromatic heterocycles. The molecule has 0 aliphatic carbocycles. The molecular formula is C19H25N. The van der Waals surface area contributed by atoms with Crippen LogP contribution in [0.1, 0.15) is 37.0 Å². The number of hydrogen-bond donors (Lipinski definition) is 1. The van der Waals surface area contributed by atoms with Gasteiger partial charge in [-0.15, -0.1) is 0 Å². The minimum Gasteiger partial charge on any atom is -0.383 e. The standard InChI is InChI=1S/C19H25N/c1-4-17-8-6-10-19(14-17)20-16(3)11-12-18-9-5-7-15(2)13-18/h5-10,13-14,16,20H,4,11-12H2,1-3H3. The third-order valence-corrected chi connectivity index (χ3v) is 3.70. The minimum absolute atomic E-state index is 0.489. The number of hydrogen-bond acceptors (Lipinski definition) is 1. The van der Waals surface area contributed by atoms with Crippen molar-refractivity contribution in [2.75, 3.05) is 5.32 Å². The number of nitrogens with one attached hydrogen (secondary N) is 1. The highest BCUT2D eigenvalue weighted by atomic mass is 14.9. The Morgan fingerprint density at radius 3 is 2.50 bits per heavy atom.